The number of anilines is 2. The van der Waals surface area contributed by atoms with Gasteiger partial charge in [-0.25, -0.2) is 0 Å². The third-order valence-corrected chi connectivity index (χ3v) is 3.65. The van der Waals surface area contributed by atoms with Crippen molar-refractivity contribution in [2.75, 3.05) is 11.1 Å². The van der Waals surface area contributed by atoms with Crippen LogP contribution < -0.4 is 11.1 Å². The van der Waals surface area contributed by atoms with Gasteiger partial charge in [0, 0.05) is 28.0 Å². The summed E-state index contributed by atoms with van der Waals surface area (Å²) in [4.78, 5) is 0. The second-order valence-corrected chi connectivity index (χ2v) is 5.20. The van der Waals surface area contributed by atoms with E-state index in [0.29, 0.717) is 6.54 Å². The van der Waals surface area contributed by atoms with Crippen LogP contribution in [0.4, 0.5) is 11.4 Å². The van der Waals surface area contributed by atoms with Crippen molar-refractivity contribution < 1.29 is 4.52 Å². The van der Waals surface area contributed by atoms with Gasteiger partial charge in [-0.3, -0.25) is 0 Å². The Bertz CT molecular complexity index is 558. The molecule has 0 radical (unpaired) electrons. The van der Waals surface area contributed by atoms with E-state index < -0.39 is 0 Å². The van der Waals surface area contributed by atoms with Crippen LogP contribution in [0.5, 0.6) is 0 Å². The van der Waals surface area contributed by atoms with Crippen LogP contribution in [0.3, 0.4) is 0 Å². The standard InChI is InChI=1S/C13H16BrN3O/c1-7-4-13(11(14)5-12(7)15)16-6-10-8(2)17-18-9(10)3/h4-5,16H,6,15H2,1-3H3. The molecule has 0 amide bonds. The Morgan fingerprint density at radius 2 is 2.06 bits per heavy atom. The summed E-state index contributed by atoms with van der Waals surface area (Å²) in [6, 6.07) is 3.93. The van der Waals surface area contributed by atoms with Crippen molar-refractivity contribution >= 4 is 27.3 Å². The van der Waals surface area contributed by atoms with Crippen LogP contribution in [-0.2, 0) is 6.54 Å². The summed E-state index contributed by atoms with van der Waals surface area (Å²) in [7, 11) is 0. The molecule has 18 heavy (non-hydrogen) atoms. The van der Waals surface area contributed by atoms with E-state index in [1.165, 1.54) is 0 Å². The number of hydrogen-bond acceptors (Lipinski definition) is 4. The number of halogens is 1. The summed E-state index contributed by atoms with van der Waals surface area (Å²) in [5.41, 5.74) is 10.7. The fraction of sp³-hybridized carbons (Fsp3) is 0.308. The Kier molecular flexibility index (Phi) is 3.61. The van der Waals surface area contributed by atoms with E-state index in [1.807, 2.05) is 32.9 Å². The molecular formula is C13H16BrN3O. The van der Waals surface area contributed by atoms with Gasteiger partial charge in [-0.1, -0.05) is 5.16 Å². The largest absolute Gasteiger partial charge is 0.398 e. The lowest BCUT2D eigenvalue weighted by Crippen LogP contribution is -2.03. The number of nitrogens with zero attached hydrogens (tertiary/aromatic N) is 1. The Labute approximate surface area is 115 Å². The molecule has 0 aliphatic carbocycles. The number of nitrogens with one attached hydrogen (secondary N) is 1. The van der Waals surface area contributed by atoms with Crippen molar-refractivity contribution in [2.45, 2.75) is 27.3 Å². The van der Waals surface area contributed by atoms with Gasteiger partial charge in [-0.05, 0) is 54.4 Å². The molecule has 1 aromatic carbocycles. The predicted octanol–water partition coefficient (Wildman–Crippen LogP) is 3.56. The highest BCUT2D eigenvalue weighted by molar-refractivity contribution is 9.10. The fourth-order valence-electron chi connectivity index (χ4n) is 1.77. The van der Waals surface area contributed by atoms with Crippen LogP contribution in [0.25, 0.3) is 0 Å². The monoisotopic (exact) mass is 309 g/mol. The van der Waals surface area contributed by atoms with Crippen LogP contribution in [-0.4, -0.2) is 5.16 Å². The molecule has 5 heteroatoms. The average molecular weight is 310 g/mol. The minimum Gasteiger partial charge on any atom is -0.398 e. The Morgan fingerprint density at radius 3 is 2.67 bits per heavy atom. The molecule has 1 heterocycles. The third-order valence-electron chi connectivity index (χ3n) is 2.99. The minimum absolute atomic E-state index is 0.684. The first-order chi connectivity index (χ1) is 8.49. The first-order valence-corrected chi connectivity index (χ1v) is 6.49. The molecule has 1 aromatic heterocycles. The third kappa shape index (κ3) is 2.51. The minimum atomic E-state index is 0.684. The maximum atomic E-state index is 5.85. The number of aryl methyl sites for hydroxylation is 3. The van der Waals surface area contributed by atoms with E-state index >= 15 is 0 Å². The number of rotatable bonds is 3. The molecule has 3 N–H and O–H groups in total. The van der Waals surface area contributed by atoms with E-state index in [2.05, 4.69) is 26.4 Å². The van der Waals surface area contributed by atoms with Gasteiger partial charge in [-0.15, -0.1) is 0 Å². The summed E-state index contributed by atoms with van der Waals surface area (Å²) in [6.07, 6.45) is 0. The first kappa shape index (κ1) is 13.0. The zero-order valence-corrected chi connectivity index (χ0v) is 12.3. The quantitative estimate of drug-likeness (QED) is 0.851. The van der Waals surface area contributed by atoms with Crippen LogP contribution in [0.2, 0.25) is 0 Å². The predicted molar refractivity (Wildman–Crippen MR) is 76.6 cm³/mol. The van der Waals surface area contributed by atoms with Crippen LogP contribution >= 0.6 is 15.9 Å². The smallest absolute Gasteiger partial charge is 0.138 e. The molecule has 2 rings (SSSR count). The van der Waals surface area contributed by atoms with Gasteiger partial charge in [0.1, 0.15) is 5.76 Å². The second-order valence-electron chi connectivity index (χ2n) is 4.34. The number of nitrogens with two attached hydrogens (primary N) is 1. The number of nitrogen functional groups attached to an aromatic ring is 1. The maximum Gasteiger partial charge on any atom is 0.138 e. The van der Waals surface area contributed by atoms with Crippen molar-refractivity contribution in [1.29, 1.82) is 0 Å². The highest BCUT2D eigenvalue weighted by Crippen LogP contribution is 2.28. The number of hydrogen-bond donors (Lipinski definition) is 2. The van der Waals surface area contributed by atoms with Crippen molar-refractivity contribution in [2.24, 2.45) is 0 Å². The van der Waals surface area contributed by atoms with Gasteiger partial charge in [0.25, 0.3) is 0 Å². The molecule has 0 unspecified atom stereocenters. The summed E-state index contributed by atoms with van der Waals surface area (Å²) >= 11 is 3.50. The normalized spacial score (nSPS) is 10.7. The molecule has 0 fully saturated rings. The maximum absolute atomic E-state index is 5.85. The van der Waals surface area contributed by atoms with E-state index in [9.17, 15) is 0 Å². The van der Waals surface area contributed by atoms with Crippen molar-refractivity contribution in [3.63, 3.8) is 0 Å². The van der Waals surface area contributed by atoms with Gasteiger partial charge < -0.3 is 15.6 Å². The first-order valence-electron chi connectivity index (χ1n) is 5.70. The molecule has 0 spiro atoms. The molecule has 0 bridgehead atoms. The topological polar surface area (TPSA) is 64.1 Å². The SMILES string of the molecule is Cc1cc(NCc2c(C)noc2C)c(Br)cc1N. The Hall–Kier alpha value is -1.49. The van der Waals surface area contributed by atoms with E-state index in [4.69, 9.17) is 10.3 Å². The van der Waals surface area contributed by atoms with Crippen molar-refractivity contribution in [1.82, 2.24) is 5.16 Å². The van der Waals surface area contributed by atoms with Crippen molar-refractivity contribution in [3.05, 3.63) is 39.2 Å². The highest BCUT2D eigenvalue weighted by Gasteiger charge is 2.10. The van der Waals surface area contributed by atoms with E-state index in [-0.39, 0.29) is 0 Å². The van der Waals surface area contributed by atoms with Gasteiger partial charge in [0.15, 0.2) is 0 Å². The molecule has 96 valence electrons. The van der Waals surface area contributed by atoms with Crippen molar-refractivity contribution in [3.8, 4) is 0 Å². The fourth-order valence-corrected chi connectivity index (χ4v) is 2.27. The van der Waals surface area contributed by atoms with Gasteiger partial charge in [-0.2, -0.15) is 0 Å². The van der Waals surface area contributed by atoms with Crippen LogP contribution in [0.15, 0.2) is 21.1 Å². The molecule has 4 nitrogen and oxygen atoms in total. The molecule has 0 aliphatic rings. The van der Waals surface area contributed by atoms with E-state index in [1.54, 1.807) is 0 Å². The molecule has 0 atom stereocenters. The van der Waals surface area contributed by atoms with Crippen LogP contribution in [0.1, 0.15) is 22.6 Å². The average Bonchev–Trinajstić information content (AvgIpc) is 2.62. The zero-order valence-electron chi connectivity index (χ0n) is 10.7. The summed E-state index contributed by atoms with van der Waals surface area (Å²) in [5, 5.41) is 7.30. The van der Waals surface area contributed by atoms with Gasteiger partial charge >= 0.3 is 0 Å². The summed E-state index contributed by atoms with van der Waals surface area (Å²) in [5.74, 6) is 0.850. The van der Waals surface area contributed by atoms with Crippen LogP contribution in [0, 0.1) is 20.8 Å². The lowest BCUT2D eigenvalue weighted by molar-refractivity contribution is 0.392. The number of benzene rings is 1. The van der Waals surface area contributed by atoms with Gasteiger partial charge in [0.05, 0.1) is 5.69 Å². The second kappa shape index (κ2) is 5.02. The lowest BCUT2D eigenvalue weighted by atomic mass is 10.1. The lowest BCUT2D eigenvalue weighted by Gasteiger charge is -2.11. The molecule has 0 saturated carbocycles. The van der Waals surface area contributed by atoms with E-state index in [0.717, 1.165) is 38.4 Å². The Balaban J connectivity index is 2.18. The molecule has 0 aliphatic heterocycles. The Morgan fingerprint density at radius 1 is 1.33 bits per heavy atom. The summed E-state index contributed by atoms with van der Waals surface area (Å²) < 4.78 is 6.09. The molecule has 0 saturated heterocycles. The summed E-state index contributed by atoms with van der Waals surface area (Å²) in [6.45, 7) is 6.53. The molecular weight excluding hydrogens is 294 g/mol. The molecule has 2 aromatic rings. The number of aromatic nitrogens is 1. The van der Waals surface area contributed by atoms with Gasteiger partial charge in [0.2, 0.25) is 0 Å². The highest BCUT2D eigenvalue weighted by atomic mass is 79.9. The zero-order chi connectivity index (χ0) is 13.3.